The van der Waals surface area contributed by atoms with E-state index in [4.69, 9.17) is 10.5 Å². The highest BCUT2D eigenvalue weighted by Gasteiger charge is 2.27. The Morgan fingerprint density at radius 3 is 2.90 bits per heavy atom. The van der Waals surface area contributed by atoms with Crippen LogP contribution in [0.5, 0.6) is 0 Å². The predicted molar refractivity (Wildman–Crippen MR) is 83.6 cm³/mol. The Labute approximate surface area is 130 Å². The summed E-state index contributed by atoms with van der Waals surface area (Å²) < 4.78 is 5.40. The normalized spacial score (nSPS) is 22.6. The fourth-order valence-electron chi connectivity index (χ4n) is 2.73. The second-order valence-electron chi connectivity index (χ2n) is 5.17. The highest BCUT2D eigenvalue weighted by molar-refractivity contribution is 5.85. The van der Waals surface area contributed by atoms with Crippen LogP contribution in [-0.4, -0.2) is 42.2 Å². The van der Waals surface area contributed by atoms with Gasteiger partial charge in [-0.05, 0) is 18.4 Å². The van der Waals surface area contributed by atoms with Crippen LogP contribution in [0.15, 0.2) is 24.3 Å². The van der Waals surface area contributed by atoms with Gasteiger partial charge in [0.2, 0.25) is 0 Å². The lowest BCUT2D eigenvalue weighted by Crippen LogP contribution is -2.47. The van der Waals surface area contributed by atoms with Crippen molar-refractivity contribution in [1.82, 2.24) is 4.90 Å². The van der Waals surface area contributed by atoms with E-state index in [-0.39, 0.29) is 35.2 Å². The molecule has 7 heteroatoms. The second kappa shape index (κ2) is 8.29. The van der Waals surface area contributed by atoms with E-state index in [0.717, 1.165) is 24.9 Å². The van der Waals surface area contributed by atoms with Gasteiger partial charge in [-0.15, -0.1) is 12.4 Å². The van der Waals surface area contributed by atoms with E-state index in [1.165, 1.54) is 6.07 Å². The average Bonchev–Trinajstić information content (AvgIpc) is 2.48. The van der Waals surface area contributed by atoms with Gasteiger partial charge in [0.1, 0.15) is 0 Å². The van der Waals surface area contributed by atoms with Gasteiger partial charge in [0.05, 0.1) is 11.0 Å². The standard InChI is InChI=1S/C14H21N3O3.ClH/c1-20-14-5-6-16(13(8-14)9-15)10-11-3-2-4-12(7-11)17(18)19;/h2-4,7,13-14H,5-6,8-10,15H2,1H3;1H. The maximum absolute atomic E-state index is 10.8. The Morgan fingerprint density at radius 1 is 1.52 bits per heavy atom. The summed E-state index contributed by atoms with van der Waals surface area (Å²) in [6, 6.07) is 7.07. The van der Waals surface area contributed by atoms with Crippen molar-refractivity contribution < 1.29 is 9.66 Å². The summed E-state index contributed by atoms with van der Waals surface area (Å²) >= 11 is 0. The molecule has 1 fully saturated rings. The van der Waals surface area contributed by atoms with Crippen molar-refractivity contribution in [2.24, 2.45) is 5.73 Å². The van der Waals surface area contributed by atoms with Crippen molar-refractivity contribution >= 4 is 18.1 Å². The lowest BCUT2D eigenvalue weighted by Gasteiger charge is -2.38. The molecule has 0 bridgehead atoms. The number of nitro benzene ring substituents is 1. The summed E-state index contributed by atoms with van der Waals surface area (Å²) in [6.45, 7) is 2.18. The van der Waals surface area contributed by atoms with Crippen LogP contribution in [0.3, 0.4) is 0 Å². The molecule has 0 aliphatic carbocycles. The van der Waals surface area contributed by atoms with E-state index < -0.39 is 0 Å². The van der Waals surface area contributed by atoms with E-state index >= 15 is 0 Å². The van der Waals surface area contributed by atoms with Gasteiger partial charge in [-0.2, -0.15) is 0 Å². The number of nitrogens with two attached hydrogens (primary N) is 1. The number of benzene rings is 1. The number of likely N-dealkylation sites (tertiary alicyclic amines) is 1. The predicted octanol–water partition coefficient (Wildman–Crippen LogP) is 1.95. The van der Waals surface area contributed by atoms with Gasteiger partial charge in [0.25, 0.3) is 5.69 Å². The number of piperidine rings is 1. The van der Waals surface area contributed by atoms with Gasteiger partial charge in [0.15, 0.2) is 0 Å². The molecule has 0 radical (unpaired) electrons. The van der Waals surface area contributed by atoms with Crippen molar-refractivity contribution in [2.75, 3.05) is 20.2 Å². The van der Waals surface area contributed by atoms with E-state index in [0.29, 0.717) is 13.1 Å². The van der Waals surface area contributed by atoms with E-state index in [1.54, 1.807) is 19.2 Å². The van der Waals surface area contributed by atoms with E-state index in [1.807, 2.05) is 6.07 Å². The van der Waals surface area contributed by atoms with Crippen molar-refractivity contribution in [3.63, 3.8) is 0 Å². The average molecular weight is 316 g/mol. The first-order valence-corrected chi connectivity index (χ1v) is 6.84. The third-order valence-corrected chi connectivity index (χ3v) is 3.90. The molecule has 1 saturated heterocycles. The Bertz CT molecular complexity index is 473. The number of hydrogen-bond donors (Lipinski definition) is 1. The lowest BCUT2D eigenvalue weighted by atomic mass is 9.98. The van der Waals surface area contributed by atoms with Gasteiger partial charge in [0, 0.05) is 44.9 Å². The minimum absolute atomic E-state index is 0. The number of nitrogens with zero attached hydrogens (tertiary/aromatic N) is 2. The van der Waals surface area contributed by atoms with E-state index in [2.05, 4.69) is 4.90 Å². The lowest BCUT2D eigenvalue weighted by molar-refractivity contribution is -0.384. The molecule has 21 heavy (non-hydrogen) atoms. The quantitative estimate of drug-likeness (QED) is 0.663. The van der Waals surface area contributed by atoms with Crippen LogP contribution in [0, 0.1) is 10.1 Å². The zero-order chi connectivity index (χ0) is 14.5. The molecule has 1 aliphatic rings. The van der Waals surface area contributed by atoms with Crippen LogP contribution >= 0.6 is 12.4 Å². The third kappa shape index (κ3) is 4.64. The smallest absolute Gasteiger partial charge is 0.269 e. The summed E-state index contributed by atoms with van der Waals surface area (Å²) in [7, 11) is 1.73. The molecule has 6 nitrogen and oxygen atoms in total. The van der Waals surface area contributed by atoms with Gasteiger partial charge < -0.3 is 10.5 Å². The number of hydrogen-bond acceptors (Lipinski definition) is 5. The summed E-state index contributed by atoms with van der Waals surface area (Å²) in [4.78, 5) is 12.7. The molecule has 0 saturated carbocycles. The van der Waals surface area contributed by atoms with E-state index in [9.17, 15) is 10.1 Å². The summed E-state index contributed by atoms with van der Waals surface area (Å²) in [6.07, 6.45) is 2.16. The maximum Gasteiger partial charge on any atom is 0.269 e. The van der Waals surface area contributed by atoms with Crippen molar-refractivity contribution in [3.05, 3.63) is 39.9 Å². The highest BCUT2D eigenvalue weighted by atomic mass is 35.5. The highest BCUT2D eigenvalue weighted by Crippen LogP contribution is 2.22. The van der Waals surface area contributed by atoms with Gasteiger partial charge in [-0.25, -0.2) is 0 Å². The van der Waals surface area contributed by atoms with Crippen LogP contribution in [0.25, 0.3) is 0 Å². The number of ether oxygens (including phenoxy) is 1. The van der Waals surface area contributed by atoms with Crippen molar-refractivity contribution in [1.29, 1.82) is 0 Å². The fourth-order valence-corrected chi connectivity index (χ4v) is 2.73. The number of nitro groups is 1. The number of rotatable bonds is 5. The Morgan fingerprint density at radius 2 is 2.29 bits per heavy atom. The molecular formula is C14H22ClN3O3. The molecule has 1 heterocycles. The number of halogens is 1. The largest absolute Gasteiger partial charge is 0.381 e. The fraction of sp³-hybridized carbons (Fsp3) is 0.571. The number of methoxy groups -OCH3 is 1. The minimum atomic E-state index is -0.360. The summed E-state index contributed by atoms with van der Waals surface area (Å²) in [5.41, 5.74) is 6.93. The summed E-state index contributed by atoms with van der Waals surface area (Å²) in [5.74, 6) is 0. The van der Waals surface area contributed by atoms with Gasteiger partial charge in [-0.1, -0.05) is 12.1 Å². The van der Waals surface area contributed by atoms with Gasteiger partial charge in [-0.3, -0.25) is 15.0 Å². The number of non-ortho nitro benzene ring substituents is 1. The molecule has 1 aromatic carbocycles. The molecular weight excluding hydrogens is 294 g/mol. The maximum atomic E-state index is 10.8. The Balaban J connectivity index is 0.00000220. The van der Waals surface area contributed by atoms with Gasteiger partial charge >= 0.3 is 0 Å². The summed E-state index contributed by atoms with van der Waals surface area (Å²) in [5, 5.41) is 10.8. The molecule has 0 aromatic heterocycles. The first kappa shape index (κ1) is 17.8. The molecule has 1 aromatic rings. The first-order valence-electron chi connectivity index (χ1n) is 6.84. The molecule has 2 unspecified atom stereocenters. The molecule has 1 aliphatic heterocycles. The van der Waals surface area contributed by atoms with Crippen molar-refractivity contribution in [3.8, 4) is 0 Å². The molecule has 118 valence electrons. The molecule has 0 amide bonds. The monoisotopic (exact) mass is 315 g/mol. The second-order valence-corrected chi connectivity index (χ2v) is 5.17. The van der Waals surface area contributed by atoms with Crippen LogP contribution in [0.2, 0.25) is 0 Å². The zero-order valence-electron chi connectivity index (χ0n) is 12.1. The van der Waals surface area contributed by atoms with Crippen LogP contribution < -0.4 is 5.73 Å². The minimum Gasteiger partial charge on any atom is -0.381 e. The van der Waals surface area contributed by atoms with Crippen molar-refractivity contribution in [2.45, 2.75) is 31.5 Å². The first-order chi connectivity index (χ1) is 9.63. The Kier molecular flexibility index (Phi) is 7.04. The zero-order valence-corrected chi connectivity index (χ0v) is 12.9. The molecule has 2 rings (SSSR count). The SMILES string of the molecule is COC1CCN(Cc2cccc([N+](=O)[O-])c2)C(CN)C1.Cl. The Hall–Kier alpha value is -1.21. The molecule has 2 atom stereocenters. The van der Waals surface area contributed by atoms with Crippen LogP contribution in [0.1, 0.15) is 18.4 Å². The third-order valence-electron chi connectivity index (χ3n) is 3.90. The van der Waals surface area contributed by atoms with Crippen LogP contribution in [-0.2, 0) is 11.3 Å². The molecule has 2 N–H and O–H groups in total. The molecule has 0 spiro atoms. The van der Waals surface area contributed by atoms with Crippen LogP contribution in [0.4, 0.5) is 5.69 Å². The topological polar surface area (TPSA) is 81.6 Å².